The molecule has 0 aromatic carbocycles. The fraction of sp³-hybridized carbons (Fsp3) is 0.500. The van der Waals surface area contributed by atoms with Crippen LogP contribution in [0.4, 0.5) is 5.95 Å². The first-order chi connectivity index (χ1) is 12.9. The Kier molecular flexibility index (Phi) is 4.18. The Morgan fingerprint density at radius 2 is 2.00 bits per heavy atom. The van der Waals surface area contributed by atoms with Gasteiger partial charge in [-0.1, -0.05) is 0 Å². The quantitative estimate of drug-likeness (QED) is 0.696. The predicted octanol–water partition coefficient (Wildman–Crippen LogP) is 2.00. The van der Waals surface area contributed by atoms with Gasteiger partial charge >= 0.3 is 0 Å². The van der Waals surface area contributed by atoms with E-state index < -0.39 is 0 Å². The van der Waals surface area contributed by atoms with Crippen LogP contribution in [0.2, 0.25) is 0 Å². The summed E-state index contributed by atoms with van der Waals surface area (Å²) in [6, 6.07) is 0. The number of anilines is 1. The van der Waals surface area contributed by atoms with Crippen molar-refractivity contribution in [3.63, 3.8) is 0 Å². The zero-order chi connectivity index (χ0) is 19.2. The number of fused-ring (bicyclic) bond motifs is 1. The smallest absolute Gasteiger partial charge is 0.247 e. The lowest BCUT2D eigenvalue weighted by atomic mass is 10.2. The summed E-state index contributed by atoms with van der Waals surface area (Å²) < 4.78 is 9.25. The highest BCUT2D eigenvalue weighted by Gasteiger charge is 2.38. The first-order valence-corrected chi connectivity index (χ1v) is 9.02. The normalized spacial score (nSPS) is 20.4. The van der Waals surface area contributed by atoms with Gasteiger partial charge in [0.25, 0.3) is 0 Å². The molecule has 0 N–H and O–H groups in total. The summed E-state index contributed by atoms with van der Waals surface area (Å²) in [5.74, 6) is 2.03. The molecule has 3 aromatic rings. The van der Waals surface area contributed by atoms with Crippen LogP contribution in [-0.4, -0.2) is 53.7 Å². The molecule has 0 radical (unpaired) electrons. The minimum absolute atomic E-state index is 0.354. The van der Waals surface area contributed by atoms with Crippen LogP contribution < -0.4 is 4.90 Å². The van der Waals surface area contributed by atoms with Crippen LogP contribution in [0.25, 0.3) is 17.8 Å². The summed E-state index contributed by atoms with van der Waals surface area (Å²) in [6.07, 6.45) is 7.54. The van der Waals surface area contributed by atoms with E-state index >= 15 is 0 Å². The summed E-state index contributed by atoms with van der Waals surface area (Å²) in [4.78, 5) is 15.7. The van der Waals surface area contributed by atoms with Crippen molar-refractivity contribution < 1.29 is 4.74 Å². The van der Waals surface area contributed by atoms with Crippen LogP contribution in [0.3, 0.4) is 0 Å². The van der Waals surface area contributed by atoms with Crippen molar-refractivity contribution in [3.05, 3.63) is 29.2 Å². The molecule has 1 atom stereocenters. The number of rotatable bonds is 4. The van der Waals surface area contributed by atoms with Crippen LogP contribution >= 0.6 is 0 Å². The van der Waals surface area contributed by atoms with E-state index in [1.807, 2.05) is 33.0 Å². The van der Waals surface area contributed by atoms with Gasteiger partial charge in [0.15, 0.2) is 17.3 Å². The maximum atomic E-state index is 5.69. The molecule has 0 bridgehead atoms. The van der Waals surface area contributed by atoms with E-state index in [0.717, 1.165) is 42.2 Å². The van der Waals surface area contributed by atoms with E-state index in [0.29, 0.717) is 11.8 Å². The van der Waals surface area contributed by atoms with Gasteiger partial charge in [-0.05, 0) is 45.8 Å². The number of ether oxygens (including phenoxy) is 1. The molecule has 0 amide bonds. The number of aromatic nitrogens is 7. The van der Waals surface area contributed by atoms with Crippen molar-refractivity contribution in [2.75, 3.05) is 18.6 Å². The van der Waals surface area contributed by atoms with E-state index in [-0.39, 0.29) is 5.72 Å². The minimum Gasteiger partial charge on any atom is -0.359 e. The van der Waals surface area contributed by atoms with Gasteiger partial charge in [-0.15, -0.1) is 10.2 Å². The Morgan fingerprint density at radius 3 is 2.74 bits per heavy atom. The average molecular weight is 368 g/mol. The number of aryl methyl sites for hydroxylation is 3. The van der Waals surface area contributed by atoms with Gasteiger partial charge in [0.2, 0.25) is 5.95 Å². The summed E-state index contributed by atoms with van der Waals surface area (Å²) in [5.41, 5.74) is 2.20. The van der Waals surface area contributed by atoms with Gasteiger partial charge in [0.05, 0.1) is 11.4 Å². The first-order valence-electron chi connectivity index (χ1n) is 9.02. The van der Waals surface area contributed by atoms with Gasteiger partial charge in [0, 0.05) is 26.9 Å². The molecule has 27 heavy (non-hydrogen) atoms. The zero-order valence-electron chi connectivity index (χ0n) is 16.3. The molecule has 9 heteroatoms. The van der Waals surface area contributed by atoms with Gasteiger partial charge in [0.1, 0.15) is 5.72 Å². The fourth-order valence-electron chi connectivity index (χ4n) is 3.43. The highest BCUT2D eigenvalue weighted by molar-refractivity contribution is 5.65. The maximum absolute atomic E-state index is 5.69. The lowest BCUT2D eigenvalue weighted by Crippen LogP contribution is -2.43. The zero-order valence-corrected chi connectivity index (χ0v) is 16.3. The summed E-state index contributed by atoms with van der Waals surface area (Å²) in [7, 11) is 3.61. The summed E-state index contributed by atoms with van der Waals surface area (Å²) in [5, 5.41) is 9.09. The van der Waals surface area contributed by atoms with E-state index in [2.05, 4.69) is 37.0 Å². The molecule has 3 aromatic heterocycles. The predicted molar refractivity (Wildman–Crippen MR) is 102 cm³/mol. The van der Waals surface area contributed by atoms with Gasteiger partial charge in [-0.3, -0.25) is 4.98 Å². The van der Waals surface area contributed by atoms with Crippen LogP contribution in [-0.2, 0) is 11.8 Å². The van der Waals surface area contributed by atoms with Crippen molar-refractivity contribution in [1.82, 2.24) is 34.3 Å². The second-order valence-corrected chi connectivity index (χ2v) is 7.05. The van der Waals surface area contributed by atoms with Crippen LogP contribution in [0.1, 0.15) is 42.8 Å². The Bertz CT molecular complexity index is 981. The lowest BCUT2D eigenvalue weighted by Gasteiger charge is -2.32. The number of nitrogens with zero attached hydrogens (tertiary/aromatic N) is 8. The van der Waals surface area contributed by atoms with Crippen LogP contribution in [0.15, 0.2) is 6.20 Å². The van der Waals surface area contributed by atoms with Crippen LogP contribution in [0.5, 0.6) is 0 Å². The molecule has 1 saturated heterocycles. The molecule has 0 spiro atoms. The number of methoxy groups -OCH3 is 1. The molecule has 0 aliphatic carbocycles. The van der Waals surface area contributed by atoms with Crippen molar-refractivity contribution in [2.24, 2.45) is 7.05 Å². The first kappa shape index (κ1) is 17.6. The third kappa shape index (κ3) is 2.97. The molecule has 1 aliphatic heterocycles. The SMILES string of the molecule is CO[C@]1(C)CCCN1c1nc(/C=C/c2nc3c(C)ncc(C)n3n2)n(C)n1. The minimum atomic E-state index is -0.354. The van der Waals surface area contributed by atoms with Crippen molar-refractivity contribution >= 4 is 23.7 Å². The molecule has 4 rings (SSSR count). The second kappa shape index (κ2) is 6.41. The Labute approximate surface area is 157 Å². The van der Waals surface area contributed by atoms with Crippen molar-refractivity contribution in [3.8, 4) is 0 Å². The Hall–Kier alpha value is -2.81. The molecule has 9 nitrogen and oxygen atoms in total. The maximum Gasteiger partial charge on any atom is 0.247 e. The molecular weight excluding hydrogens is 344 g/mol. The van der Waals surface area contributed by atoms with Gasteiger partial charge in [-0.2, -0.15) is 4.98 Å². The molecule has 142 valence electrons. The highest BCUT2D eigenvalue weighted by Crippen LogP contribution is 2.32. The second-order valence-electron chi connectivity index (χ2n) is 7.05. The average Bonchev–Trinajstić information content (AvgIpc) is 3.34. The summed E-state index contributed by atoms with van der Waals surface area (Å²) >= 11 is 0. The molecule has 1 fully saturated rings. The summed E-state index contributed by atoms with van der Waals surface area (Å²) in [6.45, 7) is 6.84. The molecule has 1 aliphatic rings. The monoisotopic (exact) mass is 368 g/mol. The third-order valence-corrected chi connectivity index (χ3v) is 5.17. The highest BCUT2D eigenvalue weighted by atomic mass is 16.5. The lowest BCUT2D eigenvalue weighted by molar-refractivity contribution is 0.0146. The number of hydrogen-bond donors (Lipinski definition) is 0. The number of hydrogen-bond acceptors (Lipinski definition) is 7. The van der Waals surface area contributed by atoms with Gasteiger partial charge < -0.3 is 9.64 Å². The van der Waals surface area contributed by atoms with E-state index in [1.165, 1.54) is 0 Å². The van der Waals surface area contributed by atoms with E-state index in [1.54, 1.807) is 22.5 Å². The van der Waals surface area contributed by atoms with Gasteiger partial charge in [-0.25, -0.2) is 14.2 Å². The molecule has 4 heterocycles. The standard InChI is InChI=1S/C18H24N8O/c1-12-11-19-13(2)16-20-14(22-26(12)16)7-8-15-21-17(23-24(15)4)25-10-6-9-18(25,3)27-5/h7-8,11H,6,9-10H2,1-5H3/b8-7+/t18-/m1/s1. The molecule has 0 unspecified atom stereocenters. The fourth-order valence-corrected chi connectivity index (χ4v) is 3.43. The van der Waals surface area contributed by atoms with Crippen molar-refractivity contribution in [1.29, 1.82) is 0 Å². The van der Waals surface area contributed by atoms with Crippen molar-refractivity contribution in [2.45, 2.75) is 39.3 Å². The van der Waals surface area contributed by atoms with Crippen LogP contribution in [0, 0.1) is 13.8 Å². The van der Waals surface area contributed by atoms with E-state index in [4.69, 9.17) is 4.74 Å². The Morgan fingerprint density at radius 1 is 1.19 bits per heavy atom. The largest absolute Gasteiger partial charge is 0.359 e. The topological polar surface area (TPSA) is 86.3 Å². The molecular formula is C18H24N8O. The molecule has 0 saturated carbocycles. The van der Waals surface area contributed by atoms with E-state index in [9.17, 15) is 0 Å². The Balaban J connectivity index is 1.63. The third-order valence-electron chi connectivity index (χ3n) is 5.17.